The van der Waals surface area contributed by atoms with Crippen molar-refractivity contribution in [3.8, 4) is 5.75 Å². The van der Waals surface area contributed by atoms with Crippen LogP contribution in [0.1, 0.15) is 12.5 Å². The van der Waals surface area contributed by atoms with Gasteiger partial charge in [-0.25, -0.2) is 5.43 Å². The minimum absolute atomic E-state index is 0.0403. The van der Waals surface area contributed by atoms with Crippen LogP contribution in [0.4, 0.5) is 11.4 Å². The average Bonchev–Trinajstić information content (AvgIpc) is 2.62. The van der Waals surface area contributed by atoms with E-state index in [-0.39, 0.29) is 11.6 Å². The minimum Gasteiger partial charge on any atom is -0.495 e. The number of para-hydroxylation sites is 2. The van der Waals surface area contributed by atoms with Crippen LogP contribution in [0.25, 0.3) is 0 Å². The summed E-state index contributed by atoms with van der Waals surface area (Å²) < 4.78 is 5.22. The molecule has 0 fully saturated rings. The van der Waals surface area contributed by atoms with Crippen LogP contribution in [0.15, 0.2) is 53.6 Å². The van der Waals surface area contributed by atoms with Crippen LogP contribution in [0.3, 0.4) is 0 Å². The maximum atomic E-state index is 12.1. The first kappa shape index (κ1) is 17.9. The first-order valence-electron chi connectivity index (χ1n) is 7.48. The van der Waals surface area contributed by atoms with Crippen LogP contribution < -0.4 is 15.5 Å². The number of nitro groups is 1. The fourth-order valence-electron chi connectivity index (χ4n) is 2.05. The monoisotopic (exact) mass is 342 g/mol. The minimum atomic E-state index is -0.557. The van der Waals surface area contributed by atoms with Crippen molar-refractivity contribution < 1.29 is 14.5 Å². The zero-order valence-electron chi connectivity index (χ0n) is 13.8. The van der Waals surface area contributed by atoms with E-state index in [1.807, 2.05) is 12.1 Å². The molecule has 0 bridgehead atoms. The molecule has 1 unspecified atom stereocenters. The Hall–Kier alpha value is -3.42. The molecule has 2 rings (SSSR count). The number of nitrogens with zero attached hydrogens (tertiary/aromatic N) is 2. The van der Waals surface area contributed by atoms with Gasteiger partial charge in [0.2, 0.25) is 0 Å². The summed E-state index contributed by atoms with van der Waals surface area (Å²) in [4.78, 5) is 22.3. The number of carbonyl (C=O) groups excluding carboxylic acids is 1. The molecule has 0 spiro atoms. The van der Waals surface area contributed by atoms with Gasteiger partial charge in [0.15, 0.2) is 0 Å². The van der Waals surface area contributed by atoms with Gasteiger partial charge in [0, 0.05) is 17.7 Å². The van der Waals surface area contributed by atoms with Crippen molar-refractivity contribution >= 4 is 23.5 Å². The molecule has 0 aliphatic heterocycles. The van der Waals surface area contributed by atoms with Gasteiger partial charge in [0.1, 0.15) is 11.8 Å². The molecule has 2 aromatic rings. The molecule has 25 heavy (non-hydrogen) atoms. The van der Waals surface area contributed by atoms with Crippen molar-refractivity contribution in [1.82, 2.24) is 5.43 Å². The number of benzene rings is 2. The van der Waals surface area contributed by atoms with Gasteiger partial charge in [-0.15, -0.1) is 0 Å². The second-order valence-corrected chi connectivity index (χ2v) is 5.15. The number of hydrogen-bond donors (Lipinski definition) is 2. The van der Waals surface area contributed by atoms with E-state index in [1.165, 1.54) is 18.3 Å². The Morgan fingerprint density at radius 3 is 2.76 bits per heavy atom. The predicted molar refractivity (Wildman–Crippen MR) is 94.9 cm³/mol. The zero-order chi connectivity index (χ0) is 18.2. The number of hydrogen-bond acceptors (Lipinski definition) is 6. The molecule has 1 atom stereocenters. The second-order valence-electron chi connectivity index (χ2n) is 5.15. The molecule has 0 aromatic heterocycles. The van der Waals surface area contributed by atoms with E-state index >= 15 is 0 Å². The van der Waals surface area contributed by atoms with Crippen LogP contribution >= 0.6 is 0 Å². The number of nitro benzene ring substituents is 1. The summed E-state index contributed by atoms with van der Waals surface area (Å²) >= 11 is 0. The molecule has 2 aromatic carbocycles. The van der Waals surface area contributed by atoms with Gasteiger partial charge in [-0.3, -0.25) is 14.9 Å². The lowest BCUT2D eigenvalue weighted by molar-refractivity contribution is -0.384. The number of rotatable bonds is 7. The normalized spacial score (nSPS) is 11.8. The number of amides is 1. The summed E-state index contributed by atoms with van der Waals surface area (Å²) in [6, 6.07) is 12.6. The molecule has 8 nitrogen and oxygen atoms in total. The van der Waals surface area contributed by atoms with Crippen molar-refractivity contribution in [2.75, 3.05) is 12.4 Å². The van der Waals surface area contributed by atoms with E-state index in [1.54, 1.807) is 38.3 Å². The van der Waals surface area contributed by atoms with E-state index in [2.05, 4.69) is 15.8 Å². The number of carbonyl (C=O) groups is 1. The summed E-state index contributed by atoms with van der Waals surface area (Å²) in [7, 11) is 1.55. The van der Waals surface area contributed by atoms with Gasteiger partial charge in [-0.1, -0.05) is 24.3 Å². The number of hydrazone groups is 1. The Morgan fingerprint density at radius 1 is 1.28 bits per heavy atom. The Balaban J connectivity index is 1.95. The highest BCUT2D eigenvalue weighted by Crippen LogP contribution is 2.23. The molecule has 2 N–H and O–H groups in total. The molecule has 0 aliphatic rings. The van der Waals surface area contributed by atoms with Gasteiger partial charge in [0.05, 0.1) is 23.9 Å². The number of nitrogens with one attached hydrogen (secondary N) is 2. The molecular formula is C17H18N4O4. The van der Waals surface area contributed by atoms with Crippen molar-refractivity contribution in [3.05, 3.63) is 64.2 Å². The lowest BCUT2D eigenvalue weighted by Crippen LogP contribution is -2.35. The summed E-state index contributed by atoms with van der Waals surface area (Å²) in [5.74, 6) is 0.273. The maximum absolute atomic E-state index is 12.1. The van der Waals surface area contributed by atoms with Crippen molar-refractivity contribution in [1.29, 1.82) is 0 Å². The standard InChI is InChI=1S/C17H18N4O4/c1-12(19-15-8-3-4-9-16(15)25-2)17(22)20-18-11-13-6-5-7-14(10-13)21(23)24/h3-12,19H,1-2H3,(H,20,22). The lowest BCUT2D eigenvalue weighted by atomic mass is 10.2. The highest BCUT2D eigenvalue weighted by atomic mass is 16.6. The molecule has 0 saturated carbocycles. The van der Waals surface area contributed by atoms with Gasteiger partial charge in [-0.2, -0.15) is 5.10 Å². The Morgan fingerprint density at radius 2 is 2.04 bits per heavy atom. The third-order valence-electron chi connectivity index (χ3n) is 3.34. The van der Waals surface area contributed by atoms with E-state index in [0.29, 0.717) is 17.0 Å². The second kappa shape index (κ2) is 8.44. The Labute approximate surface area is 144 Å². The number of anilines is 1. The third-order valence-corrected chi connectivity index (χ3v) is 3.34. The number of methoxy groups -OCH3 is 1. The Bertz CT molecular complexity index is 792. The van der Waals surface area contributed by atoms with Gasteiger partial charge < -0.3 is 10.1 Å². The Kier molecular flexibility index (Phi) is 6.05. The molecule has 0 heterocycles. The molecule has 1 amide bonds. The number of ether oxygens (including phenoxy) is 1. The summed E-state index contributed by atoms with van der Waals surface area (Å²) in [6.45, 7) is 1.69. The van der Waals surface area contributed by atoms with Crippen LogP contribution in [-0.4, -0.2) is 30.2 Å². The van der Waals surface area contributed by atoms with Gasteiger partial charge in [-0.05, 0) is 19.1 Å². The maximum Gasteiger partial charge on any atom is 0.270 e. The average molecular weight is 342 g/mol. The lowest BCUT2D eigenvalue weighted by Gasteiger charge is -2.15. The van der Waals surface area contributed by atoms with Crippen LogP contribution in [-0.2, 0) is 4.79 Å². The highest BCUT2D eigenvalue weighted by Gasteiger charge is 2.13. The van der Waals surface area contributed by atoms with Gasteiger partial charge in [0.25, 0.3) is 11.6 Å². The first-order chi connectivity index (χ1) is 12.0. The zero-order valence-corrected chi connectivity index (χ0v) is 13.8. The van der Waals surface area contributed by atoms with E-state index in [0.717, 1.165) is 0 Å². The summed E-state index contributed by atoms with van der Waals surface area (Å²) in [5.41, 5.74) is 3.56. The summed E-state index contributed by atoms with van der Waals surface area (Å²) in [6.07, 6.45) is 1.35. The largest absolute Gasteiger partial charge is 0.495 e. The van der Waals surface area contributed by atoms with E-state index in [9.17, 15) is 14.9 Å². The number of non-ortho nitro benzene ring substituents is 1. The molecule has 8 heteroatoms. The fourth-order valence-corrected chi connectivity index (χ4v) is 2.05. The topological polar surface area (TPSA) is 106 Å². The SMILES string of the molecule is COc1ccccc1NC(C)C(=O)NN=Cc1cccc([N+](=O)[O-])c1. The van der Waals surface area contributed by atoms with E-state index < -0.39 is 11.0 Å². The predicted octanol–water partition coefficient (Wildman–Crippen LogP) is 2.55. The van der Waals surface area contributed by atoms with Crippen LogP contribution in [0, 0.1) is 10.1 Å². The highest BCUT2D eigenvalue weighted by molar-refractivity contribution is 5.87. The van der Waals surface area contributed by atoms with Crippen molar-refractivity contribution in [2.24, 2.45) is 5.10 Å². The van der Waals surface area contributed by atoms with Crippen LogP contribution in [0.2, 0.25) is 0 Å². The van der Waals surface area contributed by atoms with Crippen LogP contribution in [0.5, 0.6) is 5.75 Å². The first-order valence-corrected chi connectivity index (χ1v) is 7.48. The molecule has 0 aliphatic carbocycles. The van der Waals surface area contributed by atoms with Gasteiger partial charge >= 0.3 is 0 Å². The molecular weight excluding hydrogens is 324 g/mol. The van der Waals surface area contributed by atoms with Crippen molar-refractivity contribution in [3.63, 3.8) is 0 Å². The molecule has 0 saturated heterocycles. The molecule has 130 valence electrons. The molecule has 0 radical (unpaired) electrons. The fraction of sp³-hybridized carbons (Fsp3) is 0.176. The van der Waals surface area contributed by atoms with E-state index in [4.69, 9.17) is 4.74 Å². The van der Waals surface area contributed by atoms with Crippen molar-refractivity contribution in [2.45, 2.75) is 13.0 Å². The quantitative estimate of drug-likeness (QED) is 0.457. The summed E-state index contributed by atoms with van der Waals surface area (Å²) in [5, 5.41) is 17.6. The smallest absolute Gasteiger partial charge is 0.270 e. The third kappa shape index (κ3) is 5.03.